The lowest BCUT2D eigenvalue weighted by Crippen LogP contribution is -2.36. The molecular weight excluding hydrogens is 208 g/mol. The van der Waals surface area contributed by atoms with Gasteiger partial charge < -0.3 is 0 Å². The number of imidazole rings is 1. The predicted molar refractivity (Wildman–Crippen MR) is 70.6 cm³/mol. The summed E-state index contributed by atoms with van der Waals surface area (Å²) in [6.07, 6.45) is 12.0. The first-order valence-corrected chi connectivity index (χ1v) is 6.89. The van der Waals surface area contributed by atoms with Gasteiger partial charge in [0.1, 0.15) is 12.4 Å². The van der Waals surface area contributed by atoms with E-state index >= 15 is 0 Å². The topological polar surface area (TPSA) is 8.81 Å². The van der Waals surface area contributed by atoms with Crippen molar-refractivity contribution in [2.75, 3.05) is 0 Å². The number of hydrogen-bond donors (Lipinski definition) is 0. The first kappa shape index (κ1) is 12.4. The third kappa shape index (κ3) is 3.21. The van der Waals surface area contributed by atoms with Crippen LogP contribution in [0.4, 0.5) is 0 Å². The second kappa shape index (κ2) is 5.52. The Kier molecular flexibility index (Phi) is 4.03. The van der Waals surface area contributed by atoms with Crippen molar-refractivity contribution in [3.05, 3.63) is 30.9 Å². The van der Waals surface area contributed by atoms with Gasteiger partial charge in [0, 0.05) is 0 Å². The van der Waals surface area contributed by atoms with Crippen LogP contribution in [0.2, 0.25) is 0 Å². The fourth-order valence-electron chi connectivity index (χ4n) is 2.87. The van der Waals surface area contributed by atoms with Crippen molar-refractivity contribution in [2.24, 2.45) is 11.8 Å². The van der Waals surface area contributed by atoms with Crippen LogP contribution < -0.4 is 4.57 Å². The van der Waals surface area contributed by atoms with Gasteiger partial charge in [-0.25, -0.2) is 9.13 Å². The monoisotopic (exact) mass is 233 g/mol. The Morgan fingerprint density at radius 1 is 1.35 bits per heavy atom. The molecule has 2 nitrogen and oxygen atoms in total. The molecule has 17 heavy (non-hydrogen) atoms. The van der Waals surface area contributed by atoms with E-state index in [0.717, 1.165) is 18.4 Å². The number of aryl methyl sites for hydroxylation is 1. The Bertz CT molecular complexity index is 370. The van der Waals surface area contributed by atoms with Crippen LogP contribution in [0.15, 0.2) is 30.9 Å². The lowest BCUT2D eigenvalue weighted by Gasteiger charge is -2.27. The lowest BCUT2D eigenvalue weighted by atomic mass is 9.79. The van der Waals surface area contributed by atoms with Gasteiger partial charge in [-0.1, -0.05) is 12.2 Å². The molecule has 94 valence electrons. The Balaban J connectivity index is 1.83. The van der Waals surface area contributed by atoms with Gasteiger partial charge in [-0.2, -0.15) is 0 Å². The zero-order valence-corrected chi connectivity index (χ0v) is 11.2. The second-order valence-electron chi connectivity index (χ2n) is 5.50. The van der Waals surface area contributed by atoms with Crippen molar-refractivity contribution in [2.45, 2.75) is 52.6 Å². The summed E-state index contributed by atoms with van der Waals surface area (Å²) in [4.78, 5) is 0. The Labute approximate surface area is 105 Å². The summed E-state index contributed by atoms with van der Waals surface area (Å²) < 4.78 is 4.58. The van der Waals surface area contributed by atoms with E-state index in [1.165, 1.54) is 37.8 Å². The highest BCUT2D eigenvalue weighted by atomic mass is 15.1. The molecule has 0 saturated heterocycles. The number of rotatable bonds is 4. The average molecular weight is 233 g/mol. The molecule has 0 atom stereocenters. The molecule has 1 aromatic rings. The van der Waals surface area contributed by atoms with Crippen LogP contribution in [0.25, 0.3) is 0 Å². The van der Waals surface area contributed by atoms with Crippen molar-refractivity contribution >= 4 is 0 Å². The van der Waals surface area contributed by atoms with Gasteiger partial charge in [0.2, 0.25) is 6.33 Å². The molecule has 2 heteroatoms. The summed E-state index contributed by atoms with van der Waals surface area (Å²) in [5.74, 6) is 1.65. The van der Waals surface area contributed by atoms with E-state index in [1.807, 2.05) is 0 Å². The van der Waals surface area contributed by atoms with E-state index in [1.54, 1.807) is 0 Å². The smallest absolute Gasteiger partial charge is 0.237 e. The maximum absolute atomic E-state index is 4.09. The zero-order valence-electron chi connectivity index (χ0n) is 11.2. The van der Waals surface area contributed by atoms with E-state index in [9.17, 15) is 0 Å². The largest absolute Gasteiger partial charge is 0.243 e. The molecule has 0 N–H and O–H groups in total. The summed E-state index contributed by atoms with van der Waals surface area (Å²) in [5, 5.41) is 0. The van der Waals surface area contributed by atoms with Crippen LogP contribution in [-0.2, 0) is 13.1 Å². The highest BCUT2D eigenvalue weighted by molar-refractivity contribution is 4.97. The van der Waals surface area contributed by atoms with Gasteiger partial charge in [-0.3, -0.25) is 0 Å². The van der Waals surface area contributed by atoms with E-state index in [0.29, 0.717) is 0 Å². The standard InChI is InChI=1S/C15H25N2/c1-4-16-9-10-17(12-16)11-14-5-7-15(8-6-14)13(2)3/h9-10,12,14-15H,2,4-8,11H2,1,3H3/q+1. The maximum Gasteiger partial charge on any atom is 0.243 e. The molecule has 0 bridgehead atoms. The first-order chi connectivity index (χ1) is 8.19. The molecule has 0 spiro atoms. The molecule has 1 aliphatic rings. The number of hydrogen-bond acceptors (Lipinski definition) is 0. The van der Waals surface area contributed by atoms with Crippen molar-refractivity contribution in [3.8, 4) is 0 Å². The SMILES string of the molecule is C=C(C)C1CCC(C[n+]2ccn(CC)c2)CC1. The quantitative estimate of drug-likeness (QED) is 0.558. The molecule has 0 radical (unpaired) electrons. The van der Waals surface area contributed by atoms with Crippen LogP contribution in [0.5, 0.6) is 0 Å². The minimum Gasteiger partial charge on any atom is -0.237 e. The third-order valence-electron chi connectivity index (χ3n) is 4.12. The number of nitrogens with zero attached hydrogens (tertiary/aromatic N) is 2. The van der Waals surface area contributed by atoms with Crippen molar-refractivity contribution < 1.29 is 4.57 Å². The lowest BCUT2D eigenvalue weighted by molar-refractivity contribution is -0.703. The van der Waals surface area contributed by atoms with Crippen LogP contribution in [0.1, 0.15) is 39.5 Å². The van der Waals surface area contributed by atoms with E-state index < -0.39 is 0 Å². The fourth-order valence-corrected chi connectivity index (χ4v) is 2.87. The average Bonchev–Trinajstić information content (AvgIpc) is 2.77. The van der Waals surface area contributed by atoms with Crippen LogP contribution in [0, 0.1) is 11.8 Å². The minimum atomic E-state index is 0.788. The Hall–Kier alpha value is -1.05. The molecule has 1 heterocycles. The summed E-state index contributed by atoms with van der Waals surface area (Å²) in [6.45, 7) is 10.7. The van der Waals surface area contributed by atoms with Crippen LogP contribution in [0.3, 0.4) is 0 Å². The maximum atomic E-state index is 4.09. The van der Waals surface area contributed by atoms with E-state index in [4.69, 9.17) is 0 Å². The zero-order chi connectivity index (χ0) is 12.3. The second-order valence-corrected chi connectivity index (χ2v) is 5.50. The molecule has 0 unspecified atom stereocenters. The molecule has 0 aliphatic heterocycles. The molecule has 1 fully saturated rings. The molecular formula is C15H25N2+. The summed E-state index contributed by atoms with van der Waals surface area (Å²) in [7, 11) is 0. The van der Waals surface area contributed by atoms with Crippen molar-refractivity contribution in [1.82, 2.24) is 4.57 Å². The first-order valence-electron chi connectivity index (χ1n) is 6.89. The van der Waals surface area contributed by atoms with Gasteiger partial charge in [-0.05, 0) is 51.4 Å². The van der Waals surface area contributed by atoms with Crippen molar-refractivity contribution in [1.29, 1.82) is 0 Å². The Morgan fingerprint density at radius 2 is 2.06 bits per heavy atom. The Morgan fingerprint density at radius 3 is 2.59 bits per heavy atom. The van der Waals surface area contributed by atoms with Crippen molar-refractivity contribution in [3.63, 3.8) is 0 Å². The molecule has 1 aromatic heterocycles. The predicted octanol–water partition coefficient (Wildman–Crippen LogP) is 3.18. The third-order valence-corrected chi connectivity index (χ3v) is 4.12. The van der Waals surface area contributed by atoms with Gasteiger partial charge in [0.05, 0.1) is 13.1 Å². The minimum absolute atomic E-state index is 0.788. The fraction of sp³-hybridized carbons (Fsp3) is 0.667. The highest BCUT2D eigenvalue weighted by Gasteiger charge is 2.23. The molecule has 0 amide bonds. The number of aromatic nitrogens is 2. The summed E-state index contributed by atoms with van der Waals surface area (Å²) in [6, 6.07) is 0. The number of allylic oxidation sites excluding steroid dienone is 1. The van der Waals surface area contributed by atoms with Gasteiger partial charge in [0.15, 0.2) is 0 Å². The van der Waals surface area contributed by atoms with Crippen LogP contribution in [-0.4, -0.2) is 4.57 Å². The molecule has 0 aromatic carbocycles. The molecule has 2 rings (SSSR count). The van der Waals surface area contributed by atoms with Crippen LogP contribution >= 0.6 is 0 Å². The van der Waals surface area contributed by atoms with E-state index in [-0.39, 0.29) is 0 Å². The van der Waals surface area contributed by atoms with Gasteiger partial charge >= 0.3 is 0 Å². The van der Waals surface area contributed by atoms with E-state index in [2.05, 4.69) is 48.3 Å². The summed E-state index contributed by atoms with van der Waals surface area (Å²) in [5.41, 5.74) is 1.38. The normalized spacial score (nSPS) is 24.8. The molecule has 1 aliphatic carbocycles. The van der Waals surface area contributed by atoms with Gasteiger partial charge in [-0.15, -0.1) is 0 Å². The molecule has 1 saturated carbocycles. The highest BCUT2D eigenvalue weighted by Crippen LogP contribution is 2.32. The van der Waals surface area contributed by atoms with Gasteiger partial charge in [0.25, 0.3) is 0 Å². The summed E-state index contributed by atoms with van der Waals surface area (Å²) >= 11 is 0.